The number of hydrogen-bond acceptors (Lipinski definition) is 4. The molecule has 0 spiro atoms. The molecule has 0 aromatic carbocycles. The van der Waals surface area contributed by atoms with Gasteiger partial charge < -0.3 is 10.6 Å². The Labute approximate surface area is 108 Å². The van der Waals surface area contributed by atoms with Crippen molar-refractivity contribution in [2.45, 2.75) is 39.3 Å². The molecule has 1 fully saturated rings. The Morgan fingerprint density at radius 2 is 2.06 bits per heavy atom. The molecule has 1 rings (SSSR count). The van der Waals surface area contributed by atoms with Crippen LogP contribution in [0.5, 0.6) is 0 Å². The highest BCUT2D eigenvalue weighted by Gasteiger charge is 2.31. The zero-order valence-electron chi connectivity index (χ0n) is 11.5. The van der Waals surface area contributed by atoms with E-state index < -0.39 is 6.03 Å². The van der Waals surface area contributed by atoms with Gasteiger partial charge in [0.15, 0.2) is 0 Å². The summed E-state index contributed by atoms with van der Waals surface area (Å²) in [7, 11) is 0. The molecule has 18 heavy (non-hydrogen) atoms. The highest BCUT2D eigenvalue weighted by Crippen LogP contribution is 2.10. The van der Waals surface area contributed by atoms with E-state index in [0.717, 1.165) is 26.1 Å². The second-order valence-corrected chi connectivity index (χ2v) is 4.57. The van der Waals surface area contributed by atoms with Crippen LogP contribution in [-0.4, -0.2) is 55.1 Å². The van der Waals surface area contributed by atoms with Crippen molar-refractivity contribution in [3.8, 4) is 0 Å². The van der Waals surface area contributed by atoms with E-state index in [1.807, 2.05) is 13.8 Å². The van der Waals surface area contributed by atoms with Gasteiger partial charge in [0.1, 0.15) is 0 Å². The molecule has 1 unspecified atom stereocenters. The quantitative estimate of drug-likeness (QED) is 0.621. The van der Waals surface area contributed by atoms with Crippen LogP contribution in [0.2, 0.25) is 0 Å². The molecule has 1 saturated heterocycles. The summed E-state index contributed by atoms with van der Waals surface area (Å²) in [5.41, 5.74) is 0. The molecule has 3 amide bonds. The molecule has 0 aromatic rings. The van der Waals surface area contributed by atoms with Crippen LogP contribution in [-0.2, 0) is 4.79 Å². The van der Waals surface area contributed by atoms with Crippen LogP contribution in [0.25, 0.3) is 0 Å². The first-order chi connectivity index (χ1) is 8.60. The van der Waals surface area contributed by atoms with Crippen LogP contribution in [0.15, 0.2) is 0 Å². The first kappa shape index (κ1) is 14.9. The molecule has 104 valence electrons. The zero-order valence-corrected chi connectivity index (χ0v) is 11.5. The fraction of sp³-hybridized carbons (Fsp3) is 0.833. The summed E-state index contributed by atoms with van der Waals surface area (Å²) in [6.07, 6.45) is 0.995. The average Bonchev–Trinajstić information content (AvgIpc) is 2.25. The Balaban J connectivity index is 2.50. The minimum Gasteiger partial charge on any atom is -0.338 e. The van der Waals surface area contributed by atoms with Crippen molar-refractivity contribution in [3.05, 3.63) is 0 Å². The van der Waals surface area contributed by atoms with Crippen LogP contribution in [0.3, 0.4) is 0 Å². The molecule has 0 aliphatic carbocycles. The second kappa shape index (κ2) is 7.33. The number of carbonyl (C=O) groups excluding carboxylic acids is 2. The highest BCUT2D eigenvalue weighted by atomic mass is 16.2. The molecular weight excluding hydrogens is 232 g/mol. The third-order valence-corrected chi connectivity index (χ3v) is 3.16. The summed E-state index contributed by atoms with van der Waals surface area (Å²) in [4.78, 5) is 25.4. The number of hydrogen-bond donors (Lipinski definition) is 3. The van der Waals surface area contributed by atoms with Gasteiger partial charge in [-0.3, -0.25) is 15.0 Å². The van der Waals surface area contributed by atoms with Gasteiger partial charge in [-0.15, -0.1) is 0 Å². The van der Waals surface area contributed by atoms with Crippen molar-refractivity contribution in [2.75, 3.05) is 26.2 Å². The Morgan fingerprint density at radius 3 is 2.50 bits per heavy atom. The van der Waals surface area contributed by atoms with Crippen molar-refractivity contribution < 1.29 is 9.59 Å². The molecule has 0 bridgehead atoms. The summed E-state index contributed by atoms with van der Waals surface area (Å²) in [6.45, 7) is 8.97. The third-order valence-electron chi connectivity index (χ3n) is 3.16. The summed E-state index contributed by atoms with van der Waals surface area (Å²) in [6, 6.07) is -0.294. The standard InChI is InChI=1S/C12H24N4O2/c1-4-6-16(10-7-13-8-10)9(3)11(17)15-12(18)14-5-2/h9-10,13H,4-8H2,1-3H3,(H2,14,15,17,18). The van der Waals surface area contributed by atoms with Crippen molar-refractivity contribution in [1.29, 1.82) is 0 Å². The first-order valence-electron chi connectivity index (χ1n) is 6.65. The van der Waals surface area contributed by atoms with Crippen LogP contribution in [0, 0.1) is 0 Å². The lowest BCUT2D eigenvalue weighted by Crippen LogP contribution is -2.62. The number of nitrogens with zero attached hydrogens (tertiary/aromatic N) is 1. The lowest BCUT2D eigenvalue weighted by Gasteiger charge is -2.41. The van der Waals surface area contributed by atoms with Gasteiger partial charge in [-0.1, -0.05) is 6.92 Å². The van der Waals surface area contributed by atoms with Gasteiger partial charge in [0.2, 0.25) is 5.91 Å². The molecule has 6 nitrogen and oxygen atoms in total. The molecule has 0 radical (unpaired) electrons. The maximum atomic E-state index is 12.0. The number of imide groups is 1. The van der Waals surface area contributed by atoms with Crippen LogP contribution in [0.4, 0.5) is 4.79 Å². The van der Waals surface area contributed by atoms with Gasteiger partial charge in [0.05, 0.1) is 6.04 Å². The number of carbonyl (C=O) groups is 2. The first-order valence-corrected chi connectivity index (χ1v) is 6.65. The van der Waals surface area contributed by atoms with Gasteiger partial charge in [-0.2, -0.15) is 0 Å². The summed E-state index contributed by atoms with van der Waals surface area (Å²) in [5, 5.41) is 8.13. The van der Waals surface area contributed by atoms with Crippen LogP contribution < -0.4 is 16.0 Å². The topological polar surface area (TPSA) is 73.5 Å². The van der Waals surface area contributed by atoms with Gasteiger partial charge in [-0.25, -0.2) is 4.79 Å². The van der Waals surface area contributed by atoms with E-state index in [1.54, 1.807) is 0 Å². The molecule has 1 atom stereocenters. The normalized spacial score (nSPS) is 17.1. The number of amides is 3. The number of nitrogens with one attached hydrogen (secondary N) is 3. The number of rotatable bonds is 6. The molecular formula is C12H24N4O2. The second-order valence-electron chi connectivity index (χ2n) is 4.57. The predicted octanol–water partition coefficient (Wildman–Crippen LogP) is -0.0956. The van der Waals surface area contributed by atoms with Gasteiger partial charge in [0, 0.05) is 25.7 Å². The van der Waals surface area contributed by atoms with Crippen molar-refractivity contribution in [3.63, 3.8) is 0 Å². The highest BCUT2D eigenvalue weighted by molar-refractivity contribution is 5.96. The van der Waals surface area contributed by atoms with Gasteiger partial charge >= 0.3 is 6.03 Å². The van der Waals surface area contributed by atoms with E-state index in [0.29, 0.717) is 12.6 Å². The molecule has 1 aliphatic heterocycles. The lowest BCUT2D eigenvalue weighted by molar-refractivity contribution is -0.126. The third kappa shape index (κ3) is 3.96. The van der Waals surface area contributed by atoms with Crippen molar-refractivity contribution in [1.82, 2.24) is 20.9 Å². The molecule has 0 saturated carbocycles. The zero-order chi connectivity index (χ0) is 13.5. The fourth-order valence-electron chi connectivity index (χ4n) is 2.03. The Bertz CT molecular complexity index is 292. The average molecular weight is 256 g/mol. The smallest absolute Gasteiger partial charge is 0.321 e. The van der Waals surface area contributed by atoms with Crippen molar-refractivity contribution in [2.24, 2.45) is 0 Å². The van der Waals surface area contributed by atoms with Crippen LogP contribution >= 0.6 is 0 Å². The van der Waals surface area contributed by atoms with E-state index in [4.69, 9.17) is 0 Å². The predicted molar refractivity (Wildman–Crippen MR) is 70.3 cm³/mol. The molecule has 0 aromatic heterocycles. The molecule has 6 heteroatoms. The molecule has 3 N–H and O–H groups in total. The largest absolute Gasteiger partial charge is 0.338 e. The van der Waals surface area contributed by atoms with E-state index in [-0.39, 0.29) is 11.9 Å². The SMILES string of the molecule is CCCN(C1CNC1)C(C)C(=O)NC(=O)NCC. The van der Waals surface area contributed by atoms with Gasteiger partial charge in [-0.05, 0) is 26.8 Å². The molecule has 1 aliphatic rings. The van der Waals surface area contributed by atoms with Crippen molar-refractivity contribution >= 4 is 11.9 Å². The fourth-order valence-corrected chi connectivity index (χ4v) is 2.03. The van der Waals surface area contributed by atoms with E-state index in [9.17, 15) is 9.59 Å². The summed E-state index contributed by atoms with van der Waals surface area (Å²) in [5.74, 6) is -0.235. The van der Waals surface area contributed by atoms with E-state index in [2.05, 4.69) is 27.8 Å². The Morgan fingerprint density at radius 1 is 1.39 bits per heavy atom. The van der Waals surface area contributed by atoms with Gasteiger partial charge in [0.25, 0.3) is 0 Å². The maximum absolute atomic E-state index is 12.0. The Hall–Kier alpha value is -1.14. The summed E-state index contributed by atoms with van der Waals surface area (Å²) < 4.78 is 0. The lowest BCUT2D eigenvalue weighted by atomic mass is 10.1. The van der Waals surface area contributed by atoms with E-state index in [1.165, 1.54) is 0 Å². The minimum absolute atomic E-state index is 0.235. The van der Waals surface area contributed by atoms with E-state index >= 15 is 0 Å². The monoisotopic (exact) mass is 256 g/mol. The number of urea groups is 1. The van der Waals surface area contributed by atoms with Crippen LogP contribution in [0.1, 0.15) is 27.2 Å². The minimum atomic E-state index is -0.419. The summed E-state index contributed by atoms with van der Waals surface area (Å²) >= 11 is 0. The maximum Gasteiger partial charge on any atom is 0.321 e. The molecule has 1 heterocycles. The Kier molecular flexibility index (Phi) is 6.07.